The van der Waals surface area contributed by atoms with Gasteiger partial charge in [-0.15, -0.1) is 0 Å². The third kappa shape index (κ3) is 5.03. The summed E-state index contributed by atoms with van der Waals surface area (Å²) in [6.07, 6.45) is 1.20. The van der Waals surface area contributed by atoms with Gasteiger partial charge in [-0.1, -0.05) is 23.7 Å². The molecular weight excluding hydrogens is 363 g/mol. The van der Waals surface area contributed by atoms with Gasteiger partial charge in [-0.2, -0.15) is 5.26 Å². The van der Waals surface area contributed by atoms with Gasteiger partial charge in [-0.25, -0.2) is 4.39 Å². The lowest BCUT2D eigenvalue weighted by Gasteiger charge is -2.07. The number of carbonyl (C=O) groups is 1. The number of benzene rings is 2. The largest absolute Gasteiger partial charge is 0.386 e. The van der Waals surface area contributed by atoms with Gasteiger partial charge in [0.05, 0.1) is 15.6 Å². The molecule has 2 aromatic carbocycles. The third-order valence-electron chi connectivity index (χ3n) is 3.24. The van der Waals surface area contributed by atoms with E-state index in [1.54, 1.807) is 18.2 Å². The summed E-state index contributed by atoms with van der Waals surface area (Å²) in [6, 6.07) is 11.0. The molecule has 9 heteroatoms. The van der Waals surface area contributed by atoms with Crippen molar-refractivity contribution < 1.29 is 14.1 Å². The van der Waals surface area contributed by atoms with Crippen molar-refractivity contribution in [2.45, 2.75) is 6.54 Å². The molecule has 0 aliphatic heterocycles. The molecule has 0 bridgehead atoms. The van der Waals surface area contributed by atoms with Crippen LogP contribution in [-0.4, -0.2) is 10.8 Å². The molecule has 0 aromatic heterocycles. The Kier molecular flexibility index (Phi) is 6.25. The van der Waals surface area contributed by atoms with Crippen LogP contribution in [0, 0.1) is 27.3 Å². The summed E-state index contributed by atoms with van der Waals surface area (Å²) >= 11 is 5.90. The van der Waals surface area contributed by atoms with E-state index >= 15 is 0 Å². The zero-order valence-electron chi connectivity index (χ0n) is 13.2. The summed E-state index contributed by atoms with van der Waals surface area (Å²) in [6.45, 7) is 0.274. The van der Waals surface area contributed by atoms with Crippen LogP contribution in [0.5, 0.6) is 0 Å². The van der Waals surface area contributed by atoms with Crippen LogP contribution in [0.1, 0.15) is 5.56 Å². The standard InChI is InChI=1S/C17H12ClFN4O3/c18-15-6-5-14(23(25)26)7-16(15)22-17(24)12(8-20)10-21-9-11-1-3-13(19)4-2-11/h1-7,10,21H,9H2,(H,22,24)/b12-10-. The van der Waals surface area contributed by atoms with E-state index in [4.69, 9.17) is 16.9 Å². The average molecular weight is 375 g/mol. The minimum atomic E-state index is -0.776. The van der Waals surface area contributed by atoms with Crippen LogP contribution in [0.15, 0.2) is 54.2 Å². The summed E-state index contributed by atoms with van der Waals surface area (Å²) in [5.41, 5.74) is 0.268. The number of nitrogens with one attached hydrogen (secondary N) is 2. The summed E-state index contributed by atoms with van der Waals surface area (Å²) in [7, 11) is 0. The van der Waals surface area contributed by atoms with Crippen LogP contribution in [0.4, 0.5) is 15.8 Å². The molecule has 0 radical (unpaired) electrons. The molecule has 132 valence electrons. The first-order valence-corrected chi connectivity index (χ1v) is 7.62. The molecule has 0 fully saturated rings. The molecule has 7 nitrogen and oxygen atoms in total. The number of rotatable bonds is 6. The number of non-ortho nitro benzene ring substituents is 1. The van der Waals surface area contributed by atoms with Crippen LogP contribution >= 0.6 is 11.6 Å². The molecule has 26 heavy (non-hydrogen) atoms. The minimum Gasteiger partial charge on any atom is -0.386 e. The summed E-state index contributed by atoms with van der Waals surface area (Å²) in [4.78, 5) is 22.3. The van der Waals surface area contributed by atoms with E-state index in [1.165, 1.54) is 30.5 Å². The normalized spacial score (nSPS) is 10.7. The Hall–Kier alpha value is -3.44. The van der Waals surface area contributed by atoms with Gasteiger partial charge in [0.25, 0.3) is 11.6 Å². The first-order valence-electron chi connectivity index (χ1n) is 7.24. The second-order valence-electron chi connectivity index (χ2n) is 5.05. The molecule has 2 rings (SSSR count). The lowest BCUT2D eigenvalue weighted by atomic mass is 10.2. The SMILES string of the molecule is N#C/C(=C/NCc1ccc(F)cc1)C(=O)Nc1cc([N+](=O)[O-])ccc1Cl. The smallest absolute Gasteiger partial charge is 0.271 e. The Morgan fingerprint density at radius 1 is 1.31 bits per heavy atom. The van der Waals surface area contributed by atoms with Crippen LogP contribution in [0.3, 0.4) is 0 Å². The number of carbonyl (C=O) groups excluding carboxylic acids is 1. The highest BCUT2D eigenvalue weighted by atomic mass is 35.5. The van der Waals surface area contributed by atoms with Crippen molar-refractivity contribution in [2.75, 3.05) is 5.32 Å². The molecule has 0 atom stereocenters. The zero-order chi connectivity index (χ0) is 19.1. The number of nitro benzene ring substituents is 1. The van der Waals surface area contributed by atoms with Crippen LogP contribution in [0.25, 0.3) is 0 Å². The van der Waals surface area contributed by atoms with E-state index in [2.05, 4.69) is 10.6 Å². The van der Waals surface area contributed by atoms with Crippen LogP contribution in [0.2, 0.25) is 5.02 Å². The van der Waals surface area contributed by atoms with Crippen molar-refractivity contribution in [2.24, 2.45) is 0 Å². The summed E-state index contributed by atoms with van der Waals surface area (Å²) < 4.78 is 12.8. The molecule has 0 aliphatic rings. The fraction of sp³-hybridized carbons (Fsp3) is 0.0588. The van der Waals surface area contributed by atoms with E-state index in [1.807, 2.05) is 0 Å². The third-order valence-corrected chi connectivity index (χ3v) is 3.57. The molecule has 0 spiro atoms. The lowest BCUT2D eigenvalue weighted by Crippen LogP contribution is -2.17. The molecule has 0 heterocycles. The van der Waals surface area contributed by atoms with Gasteiger partial charge in [0.15, 0.2) is 0 Å². The van der Waals surface area contributed by atoms with Gasteiger partial charge in [0, 0.05) is 24.9 Å². The molecule has 2 N–H and O–H groups in total. The number of nitrogens with zero attached hydrogens (tertiary/aromatic N) is 2. The Labute approximate surface area is 152 Å². The van der Waals surface area contributed by atoms with E-state index in [9.17, 15) is 19.3 Å². The van der Waals surface area contributed by atoms with E-state index < -0.39 is 10.8 Å². The highest BCUT2D eigenvalue weighted by Crippen LogP contribution is 2.26. The Balaban J connectivity index is 2.06. The number of nitriles is 1. The monoisotopic (exact) mass is 374 g/mol. The molecule has 0 saturated carbocycles. The molecule has 0 aliphatic carbocycles. The maximum absolute atomic E-state index is 12.8. The van der Waals surface area contributed by atoms with Crippen molar-refractivity contribution in [3.8, 4) is 6.07 Å². The molecule has 0 saturated heterocycles. The van der Waals surface area contributed by atoms with E-state index in [-0.39, 0.29) is 34.3 Å². The second kappa shape index (κ2) is 8.60. The Morgan fingerprint density at radius 2 is 2.00 bits per heavy atom. The topological polar surface area (TPSA) is 108 Å². The highest BCUT2D eigenvalue weighted by molar-refractivity contribution is 6.34. The van der Waals surface area contributed by atoms with Gasteiger partial charge in [-0.3, -0.25) is 14.9 Å². The molecular formula is C17H12ClFN4O3. The van der Waals surface area contributed by atoms with Crippen molar-refractivity contribution in [1.82, 2.24) is 5.32 Å². The van der Waals surface area contributed by atoms with Crippen molar-refractivity contribution in [1.29, 1.82) is 5.26 Å². The van der Waals surface area contributed by atoms with Gasteiger partial charge < -0.3 is 10.6 Å². The molecule has 2 aromatic rings. The number of hydrogen-bond donors (Lipinski definition) is 2. The quantitative estimate of drug-likeness (QED) is 0.348. The fourth-order valence-electron chi connectivity index (χ4n) is 1.93. The number of anilines is 1. The van der Waals surface area contributed by atoms with Crippen LogP contribution in [-0.2, 0) is 11.3 Å². The van der Waals surface area contributed by atoms with Gasteiger partial charge in [0.1, 0.15) is 17.5 Å². The summed E-state index contributed by atoms with van der Waals surface area (Å²) in [5, 5.41) is 25.1. The van der Waals surface area contributed by atoms with Gasteiger partial charge >= 0.3 is 0 Å². The Bertz CT molecular complexity index is 907. The van der Waals surface area contributed by atoms with E-state index in [0.29, 0.717) is 0 Å². The lowest BCUT2D eigenvalue weighted by molar-refractivity contribution is -0.384. The highest BCUT2D eigenvalue weighted by Gasteiger charge is 2.14. The Morgan fingerprint density at radius 3 is 2.62 bits per heavy atom. The summed E-state index contributed by atoms with van der Waals surface area (Å²) in [5.74, 6) is -1.14. The number of halogens is 2. The first kappa shape index (κ1) is 18.9. The second-order valence-corrected chi connectivity index (χ2v) is 5.46. The maximum Gasteiger partial charge on any atom is 0.271 e. The van der Waals surface area contributed by atoms with Gasteiger partial charge in [0.2, 0.25) is 0 Å². The molecule has 0 unspecified atom stereocenters. The predicted octanol–water partition coefficient (Wildman–Crippen LogP) is 3.52. The number of hydrogen-bond acceptors (Lipinski definition) is 5. The van der Waals surface area contributed by atoms with Crippen molar-refractivity contribution in [3.05, 3.63) is 80.8 Å². The van der Waals surface area contributed by atoms with Crippen molar-refractivity contribution in [3.63, 3.8) is 0 Å². The minimum absolute atomic E-state index is 0.0190. The number of amides is 1. The molecule has 1 amide bonds. The van der Waals surface area contributed by atoms with E-state index in [0.717, 1.165) is 11.6 Å². The van der Waals surface area contributed by atoms with Crippen molar-refractivity contribution >= 4 is 28.9 Å². The van der Waals surface area contributed by atoms with Crippen LogP contribution < -0.4 is 10.6 Å². The first-order chi connectivity index (χ1) is 12.4. The zero-order valence-corrected chi connectivity index (χ0v) is 14.0. The maximum atomic E-state index is 12.8. The predicted molar refractivity (Wildman–Crippen MR) is 93.7 cm³/mol. The number of nitro groups is 1. The van der Waals surface area contributed by atoms with Gasteiger partial charge in [-0.05, 0) is 23.8 Å². The average Bonchev–Trinajstić information content (AvgIpc) is 2.61. The fourth-order valence-corrected chi connectivity index (χ4v) is 2.10.